The van der Waals surface area contributed by atoms with Gasteiger partial charge in [-0.1, -0.05) is 60.7 Å². The molecule has 49 heavy (non-hydrogen) atoms. The summed E-state index contributed by atoms with van der Waals surface area (Å²) in [4.78, 5) is 47.6. The molecule has 4 N–H and O–H groups in total. The van der Waals surface area contributed by atoms with Crippen molar-refractivity contribution in [2.75, 3.05) is 36.2 Å². The molecule has 2 aromatic carbocycles. The molecule has 2 amide bonds. The third-order valence-electron chi connectivity index (χ3n) is 7.20. The Hall–Kier alpha value is -2.14. The number of hydrogen-bond acceptors (Lipinski definition) is 8. The topological polar surface area (TPSA) is 133 Å². The Bertz CT molecular complexity index is 1130. The first-order chi connectivity index (χ1) is 23.4. The quantitative estimate of drug-likeness (QED) is 0.120. The third-order valence-corrected chi connectivity index (χ3v) is 9.12. The van der Waals surface area contributed by atoms with Gasteiger partial charge in [0.1, 0.15) is 11.6 Å². The van der Waals surface area contributed by atoms with Crippen LogP contribution in [0, 0.1) is 63.2 Å². The van der Waals surface area contributed by atoms with Crippen molar-refractivity contribution in [2.24, 2.45) is 0 Å². The summed E-state index contributed by atoms with van der Waals surface area (Å²) in [5.74, 6) is 3.23. The van der Waals surface area contributed by atoms with E-state index in [0.717, 1.165) is 23.0 Å². The van der Waals surface area contributed by atoms with Gasteiger partial charge in [-0.25, -0.2) is 0 Å². The third kappa shape index (κ3) is 18.1. The van der Waals surface area contributed by atoms with Crippen molar-refractivity contribution in [1.29, 1.82) is 0 Å². The van der Waals surface area contributed by atoms with E-state index in [1.54, 1.807) is 25.7 Å². The maximum absolute atomic E-state index is 11.9. The van der Waals surface area contributed by atoms with Gasteiger partial charge in [0.2, 0.25) is 11.8 Å². The predicted octanol–water partition coefficient (Wildman–Crippen LogP) is 3.61. The van der Waals surface area contributed by atoms with Crippen molar-refractivity contribution in [1.82, 2.24) is 10.6 Å². The summed E-state index contributed by atoms with van der Waals surface area (Å²) in [5.41, 5.74) is 2.15. The van der Waals surface area contributed by atoms with Crippen LogP contribution in [0.4, 0.5) is 0 Å². The van der Waals surface area contributed by atoms with Crippen LogP contribution in [0.3, 0.4) is 0 Å². The molecule has 0 bridgehead atoms. The fourth-order valence-corrected chi connectivity index (χ4v) is 6.21. The van der Waals surface area contributed by atoms with Crippen LogP contribution in [0.25, 0.3) is 0 Å². The van der Waals surface area contributed by atoms with Gasteiger partial charge in [-0.2, -0.15) is 23.5 Å². The Balaban J connectivity index is 0.000000333. The zero-order valence-electron chi connectivity index (χ0n) is 27.3. The van der Waals surface area contributed by atoms with Gasteiger partial charge in [-0.05, 0) is 75.3 Å². The van der Waals surface area contributed by atoms with Gasteiger partial charge >= 0.3 is 17.1 Å². The second-order valence-electron chi connectivity index (χ2n) is 11.1. The van der Waals surface area contributed by atoms with Crippen molar-refractivity contribution in [3.05, 3.63) is 135 Å². The maximum Gasteiger partial charge on any atom is 2.00 e. The summed E-state index contributed by atoms with van der Waals surface area (Å²) in [6.07, 6.45) is 16.6. The summed E-state index contributed by atoms with van der Waals surface area (Å²) >= 11 is 2.86. The Morgan fingerprint density at radius 3 is 1.24 bits per heavy atom. The van der Waals surface area contributed by atoms with Crippen molar-refractivity contribution in [2.45, 2.75) is 37.8 Å². The van der Waals surface area contributed by atoms with Crippen LogP contribution in [-0.4, -0.2) is 81.9 Å². The van der Waals surface area contributed by atoms with Crippen molar-refractivity contribution < 1.29 is 46.5 Å². The Morgan fingerprint density at radius 1 is 0.571 bits per heavy atom. The van der Waals surface area contributed by atoms with Gasteiger partial charge in [-0.15, -0.1) is 0 Å². The number of nitrogens with one attached hydrogen (secondary N) is 2. The number of amides is 2. The molecule has 4 rings (SSSR count). The fourth-order valence-electron chi connectivity index (χ4n) is 4.73. The molecular formula is C38H44FeN2O6S2+2. The smallest absolute Gasteiger partial charge is 0.394 e. The number of aliphatic hydroxyl groups excluding tert-OH is 2. The molecule has 10 radical (unpaired) electrons. The molecule has 2 aliphatic carbocycles. The van der Waals surface area contributed by atoms with E-state index in [-0.39, 0.29) is 65.7 Å². The molecule has 0 aromatic heterocycles. The predicted molar refractivity (Wildman–Crippen MR) is 193 cm³/mol. The molecular weight excluding hydrogens is 700 g/mol. The zero-order chi connectivity index (χ0) is 34.4. The SMILES string of the molecule is O=C(CSCCC(=O)[C]1[CH][CH][CH][CH]1)N[C@H](CO)Cc1ccccc1.O=C(CSCCC(=O)[C]1[CH][CH][CH][CH]1)N[C@H](CO)Cc1ccccc1.[Fe+2]. The number of benzene rings is 2. The van der Waals surface area contributed by atoms with Gasteiger partial charge in [0.15, 0.2) is 0 Å². The van der Waals surface area contributed by atoms with Crippen LogP contribution in [0.1, 0.15) is 24.0 Å². The molecule has 8 nitrogen and oxygen atoms in total. The first-order valence-electron chi connectivity index (χ1n) is 15.9. The number of thioether (sulfide) groups is 2. The fraction of sp³-hybridized carbons (Fsp3) is 0.316. The minimum atomic E-state index is -0.286. The number of rotatable bonds is 20. The summed E-state index contributed by atoms with van der Waals surface area (Å²) in [6.45, 7) is -0.193. The van der Waals surface area contributed by atoms with Crippen LogP contribution in [-0.2, 0) is 49.1 Å². The molecule has 0 saturated heterocycles. The van der Waals surface area contributed by atoms with E-state index in [1.165, 1.54) is 23.5 Å². The second kappa shape index (κ2) is 25.8. The molecule has 260 valence electrons. The molecule has 2 atom stereocenters. The van der Waals surface area contributed by atoms with Crippen LogP contribution in [0.15, 0.2) is 60.7 Å². The largest absolute Gasteiger partial charge is 2.00 e. The van der Waals surface area contributed by atoms with Crippen LogP contribution in [0.5, 0.6) is 0 Å². The summed E-state index contributed by atoms with van der Waals surface area (Å²) in [5, 5.41) is 24.5. The second-order valence-corrected chi connectivity index (χ2v) is 13.3. The Morgan fingerprint density at radius 2 is 0.918 bits per heavy atom. The van der Waals surface area contributed by atoms with E-state index in [1.807, 2.05) is 86.3 Å². The van der Waals surface area contributed by atoms with E-state index in [2.05, 4.69) is 10.6 Å². The molecule has 0 unspecified atom stereocenters. The van der Waals surface area contributed by atoms with E-state index in [9.17, 15) is 29.4 Å². The zero-order valence-corrected chi connectivity index (χ0v) is 30.1. The summed E-state index contributed by atoms with van der Waals surface area (Å²) in [7, 11) is 0. The molecule has 2 aromatic rings. The van der Waals surface area contributed by atoms with Gasteiger partial charge in [0, 0.05) is 36.2 Å². The van der Waals surface area contributed by atoms with Crippen molar-refractivity contribution in [3.63, 3.8) is 0 Å². The van der Waals surface area contributed by atoms with Crippen LogP contribution < -0.4 is 10.6 Å². The molecule has 0 heterocycles. The number of Topliss-reactive ketones (excluding diaryl/α,β-unsaturated/α-hetero) is 2. The molecule has 0 aliphatic heterocycles. The van der Waals surface area contributed by atoms with Crippen LogP contribution in [0.2, 0.25) is 0 Å². The van der Waals surface area contributed by atoms with E-state index >= 15 is 0 Å². The number of aliphatic hydroxyl groups is 2. The van der Waals surface area contributed by atoms with Gasteiger partial charge in [0.25, 0.3) is 0 Å². The average Bonchev–Trinajstić information content (AvgIpc) is 3.85. The van der Waals surface area contributed by atoms with Crippen molar-refractivity contribution in [3.8, 4) is 0 Å². The van der Waals surface area contributed by atoms with Gasteiger partial charge in [0.05, 0.1) is 36.8 Å². The monoisotopic (exact) mass is 744 g/mol. The standard InChI is InChI=1S/2C19H22NO3S.Fe/c2*21-13-17(12-15-6-2-1-3-7-15)20-19(23)14-24-11-10-18(22)16-8-4-5-9-16;/h2*1-9,17,21H,10-14H2,(H,20,23);/q;;+2/t2*17-;/m00./s1. The van der Waals surface area contributed by atoms with E-state index in [4.69, 9.17) is 0 Å². The molecule has 2 fully saturated rings. The molecule has 0 spiro atoms. The number of hydrogen-bond donors (Lipinski definition) is 4. The number of carbonyl (C=O) groups is 4. The van der Waals surface area contributed by atoms with E-state index < -0.39 is 0 Å². The number of carbonyl (C=O) groups excluding carboxylic acids is 4. The first-order valence-corrected chi connectivity index (χ1v) is 18.2. The number of ketones is 2. The minimum absolute atomic E-state index is 0. The normalized spacial score (nSPS) is 15.7. The summed E-state index contributed by atoms with van der Waals surface area (Å²) in [6, 6.07) is 18.9. The first kappa shape index (κ1) is 43.0. The molecule has 11 heteroatoms. The van der Waals surface area contributed by atoms with Gasteiger partial charge in [-0.3, -0.25) is 19.2 Å². The van der Waals surface area contributed by atoms with Crippen LogP contribution >= 0.6 is 23.5 Å². The summed E-state index contributed by atoms with van der Waals surface area (Å²) < 4.78 is 0. The van der Waals surface area contributed by atoms with Gasteiger partial charge < -0.3 is 20.8 Å². The van der Waals surface area contributed by atoms with E-state index in [0.29, 0.717) is 48.7 Å². The van der Waals surface area contributed by atoms with Crippen molar-refractivity contribution >= 4 is 46.9 Å². The Kier molecular flexibility index (Phi) is 22.6. The average molecular weight is 745 g/mol. The minimum Gasteiger partial charge on any atom is -0.394 e. The molecule has 2 aliphatic rings. The molecule has 2 saturated carbocycles. The maximum atomic E-state index is 11.9. The Labute approximate surface area is 311 Å².